The number of hydrogen-bond donors (Lipinski definition) is 4. The van der Waals surface area contributed by atoms with Crippen molar-refractivity contribution >= 4 is 30.1 Å². The van der Waals surface area contributed by atoms with Crippen LogP contribution in [-0.4, -0.2) is 47.6 Å². The minimum atomic E-state index is -5.33. The van der Waals surface area contributed by atoms with Crippen LogP contribution in [0.25, 0.3) is 0 Å². The number of anilines is 1. The monoisotopic (exact) mass is 452 g/mol. The standard InChI is InChI=1S/C19H23AsNO7/c1-12(22)21-17-11-18(23)13(10-16(17)20(24,25)26)5-4-6-14-9-15(27-2)7-8-19(14)28-3/h5,7-11,23H,4,6H2,1-3H3,(H,21,22)(H2,24,25,26). The van der Waals surface area contributed by atoms with Gasteiger partial charge in [0, 0.05) is 0 Å². The number of amides is 1. The number of nitrogens with one attached hydrogen (secondary N) is 1. The molecule has 0 heterocycles. The molecule has 0 aliphatic rings. The molecule has 9 heteroatoms. The van der Waals surface area contributed by atoms with E-state index in [1.54, 1.807) is 32.8 Å². The van der Waals surface area contributed by atoms with Crippen LogP contribution in [0.15, 0.2) is 30.3 Å². The zero-order valence-electron chi connectivity index (χ0n) is 15.8. The number of ether oxygens (including phenoxy) is 2. The van der Waals surface area contributed by atoms with Crippen LogP contribution in [0.3, 0.4) is 0 Å². The van der Waals surface area contributed by atoms with Crippen molar-refractivity contribution in [3.05, 3.63) is 47.9 Å². The topological polar surface area (TPSA) is 125 Å². The summed E-state index contributed by atoms with van der Waals surface area (Å²) in [7, 11) is 3.13. The molecule has 1 radical (unpaired) electrons. The Kier molecular flexibility index (Phi) is 7.18. The third-order valence-electron chi connectivity index (χ3n) is 4.04. The number of aryl methyl sites for hydroxylation is 1. The number of hydrogen-bond acceptors (Lipinski definition) is 5. The predicted octanol–water partition coefficient (Wildman–Crippen LogP) is 1.11. The normalized spacial score (nSPS) is 11.2. The molecule has 1 amide bonds. The molecular formula is C19H23AsNO7. The molecule has 0 bridgehead atoms. The molecule has 0 aromatic heterocycles. The maximum atomic E-state index is 11.8. The second-order valence-electron chi connectivity index (χ2n) is 6.07. The van der Waals surface area contributed by atoms with Crippen LogP contribution in [-0.2, 0) is 15.0 Å². The van der Waals surface area contributed by atoms with E-state index in [0.29, 0.717) is 24.3 Å². The number of phenols is 1. The first-order chi connectivity index (χ1) is 13.2. The van der Waals surface area contributed by atoms with Crippen LogP contribution in [0.4, 0.5) is 5.69 Å². The van der Waals surface area contributed by atoms with Gasteiger partial charge in [-0.3, -0.25) is 0 Å². The van der Waals surface area contributed by atoms with E-state index in [1.165, 1.54) is 13.0 Å². The van der Waals surface area contributed by atoms with Gasteiger partial charge in [0.1, 0.15) is 0 Å². The number of benzene rings is 2. The van der Waals surface area contributed by atoms with Gasteiger partial charge in [-0.15, -0.1) is 0 Å². The second kappa shape index (κ2) is 9.19. The Morgan fingerprint density at radius 3 is 2.46 bits per heavy atom. The Labute approximate surface area is 166 Å². The molecule has 151 valence electrons. The predicted molar refractivity (Wildman–Crippen MR) is 104 cm³/mol. The Morgan fingerprint density at radius 1 is 1.18 bits per heavy atom. The van der Waals surface area contributed by atoms with Crippen molar-refractivity contribution in [2.45, 2.75) is 19.8 Å². The van der Waals surface area contributed by atoms with Gasteiger partial charge in [-0.25, -0.2) is 0 Å². The SMILES string of the molecule is COc1ccc(OC)c(CC[CH]c2cc([As](=O)(O)O)c(NC(C)=O)cc2O)c1. The summed E-state index contributed by atoms with van der Waals surface area (Å²) >= 11 is -5.33. The zero-order valence-corrected chi connectivity index (χ0v) is 17.7. The third-order valence-corrected chi connectivity index (χ3v) is 6.13. The molecule has 0 saturated heterocycles. The van der Waals surface area contributed by atoms with E-state index >= 15 is 0 Å². The minimum absolute atomic E-state index is 0.0934. The molecule has 0 fully saturated rings. The van der Waals surface area contributed by atoms with Crippen LogP contribution in [0.1, 0.15) is 24.5 Å². The maximum absolute atomic E-state index is 11.8. The first kappa shape index (κ1) is 21.9. The summed E-state index contributed by atoms with van der Waals surface area (Å²) in [6.07, 6.45) is 2.70. The number of phenolic OH excluding ortho intramolecular Hbond substituents is 1. The van der Waals surface area contributed by atoms with Crippen molar-refractivity contribution in [2.24, 2.45) is 0 Å². The summed E-state index contributed by atoms with van der Waals surface area (Å²) in [5.41, 5.74) is 1.08. The van der Waals surface area contributed by atoms with Crippen LogP contribution in [0.5, 0.6) is 17.2 Å². The van der Waals surface area contributed by atoms with Gasteiger partial charge >= 0.3 is 166 Å². The number of methoxy groups -OCH3 is 2. The molecule has 2 aromatic rings. The number of aromatic hydroxyl groups is 1. The average molecular weight is 452 g/mol. The number of carbonyl (C=O) groups is 1. The van der Waals surface area contributed by atoms with Crippen LogP contribution >= 0.6 is 0 Å². The molecular weight excluding hydrogens is 429 g/mol. The average Bonchev–Trinajstić information content (AvgIpc) is 2.61. The summed E-state index contributed by atoms with van der Waals surface area (Å²) in [5, 5.41) is 12.5. The van der Waals surface area contributed by atoms with E-state index in [-0.39, 0.29) is 21.4 Å². The first-order valence-corrected chi connectivity index (χ1v) is 11.8. The van der Waals surface area contributed by atoms with Gasteiger partial charge < -0.3 is 0 Å². The molecule has 2 rings (SSSR count). The van der Waals surface area contributed by atoms with Crippen molar-refractivity contribution < 1.29 is 31.3 Å². The van der Waals surface area contributed by atoms with Crippen LogP contribution in [0, 0.1) is 6.42 Å². The quantitative estimate of drug-likeness (QED) is 0.443. The van der Waals surface area contributed by atoms with Gasteiger partial charge in [-0.05, 0) is 0 Å². The molecule has 2 aromatic carbocycles. The van der Waals surface area contributed by atoms with Gasteiger partial charge in [0.25, 0.3) is 0 Å². The van der Waals surface area contributed by atoms with Crippen molar-refractivity contribution in [1.29, 1.82) is 0 Å². The fraction of sp³-hybridized carbons (Fsp3) is 0.263. The van der Waals surface area contributed by atoms with Crippen molar-refractivity contribution in [3.8, 4) is 17.2 Å². The molecule has 8 nitrogen and oxygen atoms in total. The molecule has 0 aliphatic carbocycles. The van der Waals surface area contributed by atoms with E-state index in [4.69, 9.17) is 9.47 Å². The van der Waals surface area contributed by atoms with Crippen molar-refractivity contribution in [2.75, 3.05) is 19.5 Å². The van der Waals surface area contributed by atoms with E-state index < -0.39 is 20.1 Å². The molecule has 0 aliphatic heterocycles. The van der Waals surface area contributed by atoms with Crippen molar-refractivity contribution in [3.63, 3.8) is 0 Å². The molecule has 4 N–H and O–H groups in total. The van der Waals surface area contributed by atoms with E-state index in [9.17, 15) is 21.8 Å². The molecule has 0 atom stereocenters. The number of rotatable bonds is 8. The van der Waals surface area contributed by atoms with Crippen LogP contribution in [0.2, 0.25) is 0 Å². The molecule has 0 saturated carbocycles. The molecule has 28 heavy (non-hydrogen) atoms. The second-order valence-corrected chi connectivity index (χ2v) is 9.37. The summed E-state index contributed by atoms with van der Waals surface area (Å²) in [6, 6.07) is 7.78. The summed E-state index contributed by atoms with van der Waals surface area (Å²) in [5.74, 6) is 0.698. The van der Waals surface area contributed by atoms with Gasteiger partial charge in [0.05, 0.1) is 0 Å². The third kappa shape index (κ3) is 5.55. The van der Waals surface area contributed by atoms with Crippen molar-refractivity contribution in [1.82, 2.24) is 0 Å². The summed E-state index contributed by atoms with van der Waals surface area (Å²) in [6.45, 7) is 1.22. The number of carbonyl (C=O) groups excluding carboxylic acids is 1. The Balaban J connectivity index is 2.23. The van der Waals surface area contributed by atoms with E-state index in [0.717, 1.165) is 11.6 Å². The van der Waals surface area contributed by atoms with E-state index in [1.807, 2.05) is 6.07 Å². The fourth-order valence-corrected chi connectivity index (χ4v) is 4.30. The zero-order chi connectivity index (χ0) is 20.9. The Morgan fingerprint density at radius 2 is 1.89 bits per heavy atom. The molecule has 0 spiro atoms. The molecule has 0 unspecified atom stereocenters. The van der Waals surface area contributed by atoms with Gasteiger partial charge in [0.15, 0.2) is 0 Å². The first-order valence-electron chi connectivity index (χ1n) is 8.40. The van der Waals surface area contributed by atoms with Gasteiger partial charge in [-0.2, -0.15) is 0 Å². The van der Waals surface area contributed by atoms with Gasteiger partial charge in [-0.1, -0.05) is 0 Å². The Bertz CT molecular complexity index is 907. The fourth-order valence-electron chi connectivity index (χ4n) is 2.75. The van der Waals surface area contributed by atoms with Crippen LogP contribution < -0.4 is 19.1 Å². The summed E-state index contributed by atoms with van der Waals surface area (Å²) in [4.78, 5) is 11.3. The summed E-state index contributed by atoms with van der Waals surface area (Å²) < 4.78 is 41.3. The van der Waals surface area contributed by atoms with E-state index in [2.05, 4.69) is 5.32 Å². The van der Waals surface area contributed by atoms with Gasteiger partial charge in [0.2, 0.25) is 0 Å². The Hall–Kier alpha value is -2.41.